The van der Waals surface area contributed by atoms with E-state index in [1.807, 2.05) is 6.92 Å². The fourth-order valence-corrected chi connectivity index (χ4v) is 2.77. The van der Waals surface area contributed by atoms with Gasteiger partial charge in [-0.2, -0.15) is 13.2 Å². The summed E-state index contributed by atoms with van der Waals surface area (Å²) >= 11 is 1.50. The van der Waals surface area contributed by atoms with Crippen LogP contribution >= 0.6 is 11.3 Å². The number of carbonyl (C=O) groups excluding carboxylic acids is 1. The van der Waals surface area contributed by atoms with Crippen LogP contribution in [0.15, 0.2) is 30.5 Å². The summed E-state index contributed by atoms with van der Waals surface area (Å²) in [5.41, 5.74) is -0.487. The molecule has 0 spiro atoms. The summed E-state index contributed by atoms with van der Waals surface area (Å²) in [5.74, 6) is -0.214. The maximum Gasteiger partial charge on any atom is 0.416 e. The van der Waals surface area contributed by atoms with Gasteiger partial charge in [0.2, 0.25) is 5.91 Å². The first kappa shape index (κ1) is 17.3. The van der Waals surface area contributed by atoms with Crippen LogP contribution < -0.4 is 5.32 Å². The minimum atomic E-state index is -4.40. The molecule has 0 saturated heterocycles. The van der Waals surface area contributed by atoms with E-state index in [4.69, 9.17) is 0 Å². The van der Waals surface area contributed by atoms with Crippen molar-refractivity contribution in [2.45, 2.75) is 19.6 Å². The molecule has 8 heteroatoms. The van der Waals surface area contributed by atoms with Crippen LogP contribution in [-0.4, -0.2) is 29.4 Å². The molecule has 23 heavy (non-hydrogen) atoms. The van der Waals surface area contributed by atoms with Gasteiger partial charge in [-0.15, -0.1) is 11.3 Å². The molecule has 0 bridgehead atoms. The van der Waals surface area contributed by atoms with Crippen LogP contribution in [0.4, 0.5) is 18.9 Å². The Kier molecular flexibility index (Phi) is 5.25. The maximum atomic E-state index is 12.6. The van der Waals surface area contributed by atoms with Crippen LogP contribution in [0.5, 0.6) is 0 Å². The van der Waals surface area contributed by atoms with Crippen molar-refractivity contribution in [3.63, 3.8) is 0 Å². The average molecular weight is 343 g/mol. The number of aromatic nitrogens is 1. The third-order valence-electron chi connectivity index (χ3n) is 3.12. The number of hydrogen-bond acceptors (Lipinski definition) is 4. The molecular weight excluding hydrogens is 327 g/mol. The molecule has 0 atom stereocenters. The number of carbonyl (C=O) groups is 1. The van der Waals surface area contributed by atoms with E-state index in [-0.39, 0.29) is 18.1 Å². The number of aryl methyl sites for hydroxylation is 1. The van der Waals surface area contributed by atoms with Crippen molar-refractivity contribution in [2.75, 3.05) is 18.9 Å². The summed E-state index contributed by atoms with van der Waals surface area (Å²) in [5, 5.41) is 3.64. The number of nitrogens with one attached hydrogen (secondary N) is 1. The van der Waals surface area contributed by atoms with Gasteiger partial charge < -0.3 is 10.2 Å². The fraction of sp³-hybridized carbons (Fsp3) is 0.333. The molecule has 1 N–H and O–H groups in total. The molecule has 2 aromatic rings. The molecule has 0 aliphatic heterocycles. The number of nitrogens with zero attached hydrogens (tertiary/aromatic N) is 2. The lowest BCUT2D eigenvalue weighted by molar-refractivity contribution is -0.137. The molecule has 0 aliphatic carbocycles. The van der Waals surface area contributed by atoms with Crippen molar-refractivity contribution in [2.24, 2.45) is 0 Å². The van der Waals surface area contributed by atoms with Gasteiger partial charge in [0.15, 0.2) is 0 Å². The number of benzene rings is 1. The molecule has 0 fully saturated rings. The molecule has 0 radical (unpaired) electrons. The predicted octanol–water partition coefficient (Wildman–Crippen LogP) is 3.54. The molecule has 1 heterocycles. The lowest BCUT2D eigenvalue weighted by Gasteiger charge is -2.17. The van der Waals surface area contributed by atoms with Crippen molar-refractivity contribution in [1.29, 1.82) is 0 Å². The summed E-state index contributed by atoms with van der Waals surface area (Å²) in [6.45, 7) is 2.23. The average Bonchev–Trinajstić information content (AvgIpc) is 2.89. The highest BCUT2D eigenvalue weighted by Crippen LogP contribution is 2.30. The Morgan fingerprint density at radius 2 is 2.13 bits per heavy atom. The van der Waals surface area contributed by atoms with Gasteiger partial charge in [-0.1, -0.05) is 6.07 Å². The van der Waals surface area contributed by atoms with Crippen LogP contribution in [0.3, 0.4) is 0 Å². The normalized spacial score (nSPS) is 11.3. The molecule has 1 aromatic carbocycles. The molecular formula is C15H16F3N3OS. The quantitative estimate of drug-likeness (QED) is 0.903. The van der Waals surface area contributed by atoms with Crippen LogP contribution in [0.1, 0.15) is 15.4 Å². The molecule has 4 nitrogen and oxygen atoms in total. The smallest absolute Gasteiger partial charge is 0.376 e. The lowest BCUT2D eigenvalue weighted by Crippen LogP contribution is -2.31. The minimum absolute atomic E-state index is 0.0738. The zero-order valence-electron chi connectivity index (χ0n) is 12.6. The van der Waals surface area contributed by atoms with Crippen molar-refractivity contribution >= 4 is 22.9 Å². The van der Waals surface area contributed by atoms with E-state index >= 15 is 0 Å². The second kappa shape index (κ2) is 6.99. The Bertz CT molecular complexity index is 685. The molecule has 2 rings (SSSR count). The zero-order chi connectivity index (χ0) is 17.0. The molecule has 1 amide bonds. The first-order valence-corrected chi connectivity index (χ1v) is 7.64. The summed E-state index contributed by atoms with van der Waals surface area (Å²) in [6, 6.07) is 4.78. The minimum Gasteiger partial charge on any atom is -0.376 e. The number of hydrogen-bond donors (Lipinski definition) is 1. The van der Waals surface area contributed by atoms with Gasteiger partial charge in [0.05, 0.1) is 23.7 Å². The lowest BCUT2D eigenvalue weighted by atomic mass is 10.2. The Hall–Kier alpha value is -2.09. The Labute approximate surface area is 136 Å². The monoisotopic (exact) mass is 343 g/mol. The van der Waals surface area contributed by atoms with Gasteiger partial charge >= 0.3 is 6.18 Å². The molecule has 0 saturated carbocycles. The van der Waals surface area contributed by atoms with E-state index in [9.17, 15) is 18.0 Å². The second-order valence-corrected chi connectivity index (χ2v) is 6.35. The number of halogens is 3. The number of rotatable bonds is 5. The van der Waals surface area contributed by atoms with Gasteiger partial charge in [0, 0.05) is 23.8 Å². The fourth-order valence-electron chi connectivity index (χ4n) is 1.92. The first-order chi connectivity index (χ1) is 10.8. The van der Waals surface area contributed by atoms with Crippen molar-refractivity contribution in [3.05, 3.63) is 45.9 Å². The van der Waals surface area contributed by atoms with Gasteiger partial charge in [-0.25, -0.2) is 4.98 Å². The summed E-state index contributed by atoms with van der Waals surface area (Å²) in [4.78, 5) is 18.6. The van der Waals surface area contributed by atoms with E-state index in [1.54, 1.807) is 13.2 Å². The van der Waals surface area contributed by atoms with Crippen molar-refractivity contribution in [1.82, 2.24) is 9.88 Å². The number of thiazole rings is 1. The van der Waals surface area contributed by atoms with Crippen LogP contribution in [0.2, 0.25) is 0 Å². The van der Waals surface area contributed by atoms with E-state index in [0.717, 1.165) is 22.0 Å². The van der Waals surface area contributed by atoms with E-state index < -0.39 is 11.7 Å². The van der Waals surface area contributed by atoms with Crippen molar-refractivity contribution in [3.8, 4) is 0 Å². The number of anilines is 1. The van der Waals surface area contributed by atoms with Gasteiger partial charge in [-0.3, -0.25) is 4.79 Å². The Morgan fingerprint density at radius 3 is 2.74 bits per heavy atom. The third-order valence-corrected chi connectivity index (χ3v) is 4.02. The Morgan fingerprint density at radius 1 is 1.39 bits per heavy atom. The molecule has 1 aromatic heterocycles. The summed E-state index contributed by atoms with van der Waals surface area (Å²) in [6.07, 6.45) is -2.69. The highest BCUT2D eigenvalue weighted by molar-refractivity contribution is 7.11. The third kappa shape index (κ3) is 4.95. The topological polar surface area (TPSA) is 45.2 Å². The van der Waals surface area contributed by atoms with Gasteiger partial charge in [0.25, 0.3) is 0 Å². The summed E-state index contributed by atoms with van der Waals surface area (Å²) in [7, 11) is 1.64. The van der Waals surface area contributed by atoms with Crippen LogP contribution in [0, 0.1) is 6.92 Å². The SMILES string of the molecule is Cc1ncc(CN(C)C(=O)CNc2cccc(C(F)(F)F)c2)s1. The largest absolute Gasteiger partial charge is 0.416 e. The molecule has 0 aliphatic rings. The maximum absolute atomic E-state index is 12.6. The number of likely N-dealkylation sites (N-methyl/N-ethyl adjacent to an activating group) is 1. The number of alkyl halides is 3. The summed E-state index contributed by atoms with van der Waals surface area (Å²) < 4.78 is 37.9. The van der Waals surface area contributed by atoms with Crippen LogP contribution in [-0.2, 0) is 17.5 Å². The highest BCUT2D eigenvalue weighted by atomic mass is 32.1. The predicted molar refractivity (Wildman–Crippen MR) is 83.3 cm³/mol. The first-order valence-electron chi connectivity index (χ1n) is 6.82. The zero-order valence-corrected chi connectivity index (χ0v) is 13.5. The van der Waals surface area contributed by atoms with Gasteiger partial charge in [-0.05, 0) is 25.1 Å². The van der Waals surface area contributed by atoms with Crippen molar-refractivity contribution < 1.29 is 18.0 Å². The molecule has 124 valence electrons. The highest BCUT2D eigenvalue weighted by Gasteiger charge is 2.30. The second-order valence-electron chi connectivity index (χ2n) is 5.03. The van der Waals surface area contributed by atoms with E-state index in [2.05, 4.69) is 10.3 Å². The van der Waals surface area contributed by atoms with E-state index in [0.29, 0.717) is 6.54 Å². The standard InChI is InChI=1S/C15H16F3N3OS/c1-10-19-7-13(23-10)9-21(2)14(22)8-20-12-5-3-4-11(6-12)15(16,17)18/h3-7,20H,8-9H2,1-2H3. The van der Waals surface area contributed by atoms with Gasteiger partial charge in [0.1, 0.15) is 0 Å². The molecule has 0 unspecified atom stereocenters. The number of amides is 1. The Balaban J connectivity index is 1.91. The van der Waals surface area contributed by atoms with E-state index in [1.165, 1.54) is 28.4 Å². The van der Waals surface area contributed by atoms with Crippen LogP contribution in [0.25, 0.3) is 0 Å².